The Bertz CT molecular complexity index is 522. The Labute approximate surface area is 121 Å². The molecule has 0 radical (unpaired) electrons. The van der Waals surface area contributed by atoms with Gasteiger partial charge in [0.2, 0.25) is 0 Å². The summed E-state index contributed by atoms with van der Waals surface area (Å²) in [6.07, 6.45) is 5.36. The second-order valence-corrected chi connectivity index (χ2v) is 5.52. The van der Waals surface area contributed by atoms with Gasteiger partial charge in [0.1, 0.15) is 10.4 Å². The Kier molecular flexibility index (Phi) is 4.84. The molecule has 96 valence electrons. The molecule has 0 saturated carbocycles. The van der Waals surface area contributed by atoms with Crippen molar-refractivity contribution < 1.29 is 0 Å². The number of hydrogen-bond donors (Lipinski definition) is 0. The summed E-state index contributed by atoms with van der Waals surface area (Å²) < 4.78 is 3.06. The van der Waals surface area contributed by atoms with Gasteiger partial charge >= 0.3 is 0 Å². The van der Waals surface area contributed by atoms with Crippen LogP contribution in [0.5, 0.6) is 0 Å². The quantitative estimate of drug-likeness (QED) is 0.779. The van der Waals surface area contributed by atoms with Gasteiger partial charge in [0, 0.05) is 17.6 Å². The van der Waals surface area contributed by atoms with Gasteiger partial charge in [0.05, 0.1) is 6.54 Å². The monoisotopic (exact) mass is 326 g/mol. The number of aryl methyl sites for hydroxylation is 1. The normalized spacial score (nSPS) is 10.8. The van der Waals surface area contributed by atoms with Crippen LogP contribution < -0.4 is 0 Å². The number of aromatic nitrogens is 2. The Hall–Kier alpha value is -0.800. The summed E-state index contributed by atoms with van der Waals surface area (Å²) in [5, 5.41) is 0.809. The van der Waals surface area contributed by atoms with Gasteiger partial charge in [-0.3, -0.25) is 0 Å². The third kappa shape index (κ3) is 3.36. The van der Waals surface area contributed by atoms with E-state index in [1.807, 2.05) is 24.4 Å². The number of nitrogens with zero attached hydrogens (tertiary/aromatic N) is 2. The highest BCUT2D eigenvalue weighted by Gasteiger charge is 2.08. The summed E-state index contributed by atoms with van der Waals surface area (Å²) >= 11 is 9.63. The summed E-state index contributed by atoms with van der Waals surface area (Å²) in [6, 6.07) is 7.95. The van der Waals surface area contributed by atoms with Crippen molar-refractivity contribution in [1.82, 2.24) is 9.55 Å². The van der Waals surface area contributed by atoms with E-state index in [1.165, 1.54) is 6.42 Å². The fourth-order valence-electron chi connectivity index (χ4n) is 1.90. The fourth-order valence-corrected chi connectivity index (χ4v) is 2.55. The van der Waals surface area contributed by atoms with Crippen molar-refractivity contribution in [2.45, 2.75) is 32.7 Å². The largest absolute Gasteiger partial charge is 0.329 e. The van der Waals surface area contributed by atoms with E-state index in [4.69, 9.17) is 11.6 Å². The fraction of sp³-hybridized carbons (Fsp3) is 0.357. The molecule has 1 aromatic carbocycles. The summed E-state index contributed by atoms with van der Waals surface area (Å²) in [4.78, 5) is 4.51. The molecule has 2 nitrogen and oxygen atoms in total. The number of halogens is 2. The van der Waals surface area contributed by atoms with E-state index in [2.05, 4.69) is 38.5 Å². The van der Waals surface area contributed by atoms with Crippen LogP contribution in [0, 0.1) is 0 Å². The van der Waals surface area contributed by atoms with E-state index in [0.29, 0.717) is 0 Å². The molecule has 1 heterocycles. The first-order chi connectivity index (χ1) is 8.70. The molecular formula is C14H16BrClN2. The van der Waals surface area contributed by atoms with Crippen molar-refractivity contribution in [2.75, 3.05) is 0 Å². The molecule has 0 saturated heterocycles. The third-order valence-corrected chi connectivity index (χ3v) is 3.63. The minimum absolute atomic E-state index is 0.775. The van der Waals surface area contributed by atoms with Gasteiger partial charge in [-0.25, -0.2) is 4.98 Å². The van der Waals surface area contributed by atoms with Crippen LogP contribution in [0.4, 0.5) is 0 Å². The zero-order chi connectivity index (χ0) is 13.0. The molecule has 0 unspecified atom stereocenters. The molecule has 0 N–H and O–H groups in total. The van der Waals surface area contributed by atoms with Crippen LogP contribution in [0.3, 0.4) is 0 Å². The zero-order valence-corrected chi connectivity index (χ0v) is 12.7. The Morgan fingerprint density at radius 1 is 1.33 bits per heavy atom. The average Bonchev–Trinajstić information content (AvgIpc) is 2.70. The van der Waals surface area contributed by atoms with Gasteiger partial charge < -0.3 is 4.57 Å². The summed E-state index contributed by atoms with van der Waals surface area (Å²) in [6.45, 7) is 2.97. The first-order valence-corrected chi connectivity index (χ1v) is 7.32. The average molecular weight is 328 g/mol. The van der Waals surface area contributed by atoms with Gasteiger partial charge in [-0.05, 0) is 34.0 Å². The molecule has 0 aliphatic rings. The molecule has 0 amide bonds. The predicted octanol–water partition coefficient (Wildman–Crippen LogP) is 4.69. The maximum absolute atomic E-state index is 6.19. The van der Waals surface area contributed by atoms with Crippen molar-refractivity contribution in [1.29, 1.82) is 0 Å². The molecule has 1 aromatic heterocycles. The number of unbranched alkanes of at least 4 members (excludes halogenated alkanes) is 1. The first kappa shape index (κ1) is 13.6. The second-order valence-electron chi connectivity index (χ2n) is 4.30. The number of hydrogen-bond acceptors (Lipinski definition) is 1. The molecule has 2 aromatic rings. The number of rotatable bonds is 5. The van der Waals surface area contributed by atoms with Gasteiger partial charge in [0.15, 0.2) is 0 Å². The smallest absolute Gasteiger partial charge is 0.124 e. The standard InChI is InChI=1S/C14H16BrClN2/c1-2-3-8-14-17-13(15)10-18(14)9-11-6-4-5-7-12(11)16/h4-7,10H,2-3,8-9H2,1H3. The van der Waals surface area contributed by atoms with Crippen LogP contribution in [0.25, 0.3) is 0 Å². The summed E-state index contributed by atoms with van der Waals surface area (Å²) in [7, 11) is 0. The maximum atomic E-state index is 6.19. The van der Waals surface area contributed by atoms with E-state index in [-0.39, 0.29) is 0 Å². The summed E-state index contributed by atoms with van der Waals surface area (Å²) in [5.74, 6) is 1.11. The molecule has 0 aliphatic carbocycles. The molecule has 0 spiro atoms. The van der Waals surface area contributed by atoms with Crippen molar-refractivity contribution in [3.8, 4) is 0 Å². The number of benzene rings is 1. The Balaban J connectivity index is 2.20. The Morgan fingerprint density at radius 3 is 2.83 bits per heavy atom. The van der Waals surface area contributed by atoms with Crippen molar-refractivity contribution in [3.63, 3.8) is 0 Å². The van der Waals surface area contributed by atoms with E-state index >= 15 is 0 Å². The van der Waals surface area contributed by atoms with Gasteiger partial charge in [-0.15, -0.1) is 0 Å². The van der Waals surface area contributed by atoms with Crippen LogP contribution in [-0.2, 0) is 13.0 Å². The zero-order valence-electron chi connectivity index (χ0n) is 10.4. The van der Waals surface area contributed by atoms with E-state index in [0.717, 1.165) is 40.4 Å². The second kappa shape index (κ2) is 6.39. The lowest BCUT2D eigenvalue weighted by Gasteiger charge is -2.08. The van der Waals surface area contributed by atoms with Crippen LogP contribution in [0.1, 0.15) is 31.2 Å². The lowest BCUT2D eigenvalue weighted by atomic mass is 10.2. The molecule has 0 bridgehead atoms. The molecule has 0 fully saturated rings. The molecule has 4 heteroatoms. The highest BCUT2D eigenvalue weighted by Crippen LogP contribution is 2.19. The predicted molar refractivity (Wildman–Crippen MR) is 79.1 cm³/mol. The van der Waals surface area contributed by atoms with Crippen molar-refractivity contribution in [3.05, 3.63) is 51.5 Å². The topological polar surface area (TPSA) is 17.8 Å². The molecule has 18 heavy (non-hydrogen) atoms. The van der Waals surface area contributed by atoms with Crippen LogP contribution in [-0.4, -0.2) is 9.55 Å². The van der Waals surface area contributed by atoms with Crippen LogP contribution in [0.2, 0.25) is 5.02 Å². The highest BCUT2D eigenvalue weighted by atomic mass is 79.9. The van der Waals surface area contributed by atoms with E-state index in [9.17, 15) is 0 Å². The lowest BCUT2D eigenvalue weighted by Crippen LogP contribution is -2.04. The minimum atomic E-state index is 0.775. The molecule has 2 rings (SSSR count). The SMILES string of the molecule is CCCCc1nc(Br)cn1Cc1ccccc1Cl. The number of imidazole rings is 1. The summed E-state index contributed by atoms with van der Waals surface area (Å²) in [5.41, 5.74) is 1.13. The van der Waals surface area contributed by atoms with E-state index < -0.39 is 0 Å². The molecule has 0 atom stereocenters. The van der Waals surface area contributed by atoms with Gasteiger partial charge in [0.25, 0.3) is 0 Å². The van der Waals surface area contributed by atoms with Crippen LogP contribution >= 0.6 is 27.5 Å². The van der Waals surface area contributed by atoms with Gasteiger partial charge in [-0.2, -0.15) is 0 Å². The van der Waals surface area contributed by atoms with E-state index in [1.54, 1.807) is 0 Å². The first-order valence-electron chi connectivity index (χ1n) is 6.15. The van der Waals surface area contributed by atoms with Crippen molar-refractivity contribution >= 4 is 27.5 Å². The Morgan fingerprint density at radius 2 is 2.11 bits per heavy atom. The molecule has 0 aliphatic heterocycles. The van der Waals surface area contributed by atoms with Crippen LogP contribution in [0.15, 0.2) is 35.1 Å². The third-order valence-electron chi connectivity index (χ3n) is 2.88. The lowest BCUT2D eigenvalue weighted by molar-refractivity contribution is 0.678. The molecular weight excluding hydrogens is 312 g/mol. The minimum Gasteiger partial charge on any atom is -0.329 e. The maximum Gasteiger partial charge on any atom is 0.124 e. The highest BCUT2D eigenvalue weighted by molar-refractivity contribution is 9.10. The van der Waals surface area contributed by atoms with Crippen molar-refractivity contribution in [2.24, 2.45) is 0 Å². The van der Waals surface area contributed by atoms with Gasteiger partial charge in [-0.1, -0.05) is 43.1 Å².